The first kappa shape index (κ1) is 15.9. The van der Waals surface area contributed by atoms with Gasteiger partial charge in [0.15, 0.2) is 0 Å². The van der Waals surface area contributed by atoms with E-state index in [0.29, 0.717) is 10.9 Å². The fourth-order valence-electron chi connectivity index (χ4n) is 2.16. The van der Waals surface area contributed by atoms with Crippen molar-refractivity contribution in [2.24, 2.45) is 0 Å². The van der Waals surface area contributed by atoms with Crippen LogP contribution in [0.3, 0.4) is 0 Å². The van der Waals surface area contributed by atoms with E-state index < -0.39 is 0 Å². The van der Waals surface area contributed by atoms with Crippen LogP contribution in [0.15, 0.2) is 36.4 Å². The number of hydrogen-bond acceptors (Lipinski definition) is 2. The Morgan fingerprint density at radius 1 is 1.10 bits per heavy atom. The molecule has 0 bridgehead atoms. The maximum absolute atomic E-state index is 6.14. The number of aryl methyl sites for hydroxylation is 1. The number of ether oxygens (including phenoxy) is 1. The summed E-state index contributed by atoms with van der Waals surface area (Å²) in [5, 5.41) is 3.83. The summed E-state index contributed by atoms with van der Waals surface area (Å²) >= 11 is 6.10. The minimum absolute atomic E-state index is 0.476. The van der Waals surface area contributed by atoms with Gasteiger partial charge in [-0.25, -0.2) is 0 Å². The second kappa shape index (κ2) is 6.97. The van der Waals surface area contributed by atoms with Crippen LogP contribution in [0.2, 0.25) is 5.02 Å². The molecule has 112 valence electrons. The minimum atomic E-state index is 0.476. The molecule has 3 heteroatoms. The van der Waals surface area contributed by atoms with Gasteiger partial charge in [0.1, 0.15) is 11.5 Å². The zero-order chi connectivity index (χ0) is 15.4. The first-order valence-corrected chi connectivity index (χ1v) is 7.60. The van der Waals surface area contributed by atoms with E-state index in [0.717, 1.165) is 29.2 Å². The molecule has 0 aromatic heterocycles. The third-order valence-corrected chi connectivity index (χ3v) is 3.73. The average molecular weight is 304 g/mol. The molecule has 0 aliphatic carbocycles. The molecule has 0 unspecified atom stereocenters. The predicted octanol–water partition coefficient (Wildman–Crippen LogP) is 5.28. The van der Waals surface area contributed by atoms with Crippen LogP contribution in [0.1, 0.15) is 36.5 Å². The summed E-state index contributed by atoms with van der Waals surface area (Å²) in [4.78, 5) is 0. The van der Waals surface area contributed by atoms with E-state index >= 15 is 0 Å². The van der Waals surface area contributed by atoms with Crippen LogP contribution in [0.5, 0.6) is 11.5 Å². The van der Waals surface area contributed by atoms with Gasteiger partial charge in [-0.1, -0.05) is 43.6 Å². The fourth-order valence-corrected chi connectivity index (χ4v) is 2.33. The Bertz CT molecular complexity index is 623. The highest BCUT2D eigenvalue weighted by Crippen LogP contribution is 2.32. The number of benzene rings is 2. The van der Waals surface area contributed by atoms with E-state index in [9.17, 15) is 0 Å². The van der Waals surface area contributed by atoms with Crippen molar-refractivity contribution in [1.29, 1.82) is 0 Å². The number of hydrogen-bond donors (Lipinski definition) is 1. The quantitative estimate of drug-likeness (QED) is 0.811. The molecule has 1 N–H and O–H groups in total. The molecule has 0 atom stereocenters. The summed E-state index contributed by atoms with van der Waals surface area (Å²) in [7, 11) is 1.92. The van der Waals surface area contributed by atoms with Gasteiger partial charge in [0.05, 0.1) is 0 Å². The topological polar surface area (TPSA) is 21.3 Å². The van der Waals surface area contributed by atoms with Crippen molar-refractivity contribution < 1.29 is 4.74 Å². The minimum Gasteiger partial charge on any atom is -0.457 e. The van der Waals surface area contributed by atoms with E-state index in [1.807, 2.05) is 25.2 Å². The number of rotatable bonds is 5. The number of nitrogens with one attached hydrogen (secondary N) is 1. The molecule has 2 nitrogen and oxygen atoms in total. The number of halogens is 1. The molecule has 0 saturated heterocycles. The zero-order valence-corrected chi connectivity index (χ0v) is 13.8. The second-order valence-corrected chi connectivity index (χ2v) is 6.00. The summed E-state index contributed by atoms with van der Waals surface area (Å²) in [5.74, 6) is 2.17. The van der Waals surface area contributed by atoms with Gasteiger partial charge >= 0.3 is 0 Å². The van der Waals surface area contributed by atoms with Gasteiger partial charge in [0, 0.05) is 17.1 Å². The zero-order valence-electron chi connectivity index (χ0n) is 13.0. The van der Waals surface area contributed by atoms with Crippen molar-refractivity contribution in [1.82, 2.24) is 5.32 Å². The molecule has 0 heterocycles. The monoisotopic (exact) mass is 303 g/mol. The van der Waals surface area contributed by atoms with Gasteiger partial charge in [0.25, 0.3) is 0 Å². The maximum Gasteiger partial charge on any atom is 0.133 e. The van der Waals surface area contributed by atoms with Gasteiger partial charge in [-0.15, -0.1) is 0 Å². The molecule has 0 fully saturated rings. The summed E-state index contributed by atoms with van der Waals surface area (Å²) in [5.41, 5.74) is 3.49. The highest BCUT2D eigenvalue weighted by Gasteiger charge is 2.09. The third kappa shape index (κ3) is 3.99. The molecule has 0 aliphatic heterocycles. The van der Waals surface area contributed by atoms with E-state index in [2.05, 4.69) is 44.3 Å². The molecule has 0 aliphatic rings. The standard InChI is InChI=1S/C18H22ClNO/c1-12(2)14-6-5-13(3)17(9-14)21-18-10-16(19)8-7-15(18)11-20-4/h5-10,12,20H,11H2,1-4H3. The smallest absolute Gasteiger partial charge is 0.133 e. The van der Waals surface area contributed by atoms with Crippen molar-refractivity contribution in [3.05, 3.63) is 58.1 Å². The fraction of sp³-hybridized carbons (Fsp3) is 0.333. The van der Waals surface area contributed by atoms with Gasteiger partial charge in [-0.3, -0.25) is 0 Å². The lowest BCUT2D eigenvalue weighted by atomic mass is 10.0. The molecule has 2 aromatic rings. The molecule has 0 radical (unpaired) electrons. The van der Waals surface area contributed by atoms with Crippen LogP contribution < -0.4 is 10.1 Å². The van der Waals surface area contributed by atoms with Crippen LogP contribution in [0.4, 0.5) is 0 Å². The third-order valence-electron chi connectivity index (χ3n) is 3.50. The van der Waals surface area contributed by atoms with Gasteiger partial charge in [0.2, 0.25) is 0 Å². The van der Waals surface area contributed by atoms with E-state index in [-0.39, 0.29) is 0 Å². The molecule has 21 heavy (non-hydrogen) atoms. The van der Waals surface area contributed by atoms with Crippen molar-refractivity contribution in [2.45, 2.75) is 33.2 Å². The van der Waals surface area contributed by atoms with Crippen LogP contribution in [0, 0.1) is 6.92 Å². The SMILES string of the molecule is CNCc1ccc(Cl)cc1Oc1cc(C(C)C)ccc1C. The van der Waals surface area contributed by atoms with Gasteiger partial charge in [-0.2, -0.15) is 0 Å². The highest BCUT2D eigenvalue weighted by molar-refractivity contribution is 6.30. The van der Waals surface area contributed by atoms with Crippen LogP contribution in [-0.4, -0.2) is 7.05 Å². The van der Waals surface area contributed by atoms with Crippen LogP contribution in [0.25, 0.3) is 0 Å². The largest absolute Gasteiger partial charge is 0.457 e. The van der Waals surface area contributed by atoms with E-state index in [1.165, 1.54) is 5.56 Å². The van der Waals surface area contributed by atoms with Crippen molar-refractivity contribution in [3.8, 4) is 11.5 Å². The molecular weight excluding hydrogens is 282 g/mol. The summed E-state index contributed by atoms with van der Waals surface area (Å²) in [6.07, 6.45) is 0. The van der Waals surface area contributed by atoms with Crippen molar-refractivity contribution in [2.75, 3.05) is 7.05 Å². The van der Waals surface area contributed by atoms with Gasteiger partial charge < -0.3 is 10.1 Å². The van der Waals surface area contributed by atoms with E-state index in [1.54, 1.807) is 0 Å². The van der Waals surface area contributed by atoms with Crippen LogP contribution in [-0.2, 0) is 6.54 Å². The highest BCUT2D eigenvalue weighted by atomic mass is 35.5. The Labute approximate surface area is 132 Å². The second-order valence-electron chi connectivity index (χ2n) is 5.56. The first-order chi connectivity index (χ1) is 10.0. The Morgan fingerprint density at radius 3 is 2.52 bits per heavy atom. The average Bonchev–Trinajstić information content (AvgIpc) is 2.44. The lowest BCUT2D eigenvalue weighted by Crippen LogP contribution is -2.06. The Kier molecular flexibility index (Phi) is 5.27. The molecule has 0 saturated carbocycles. The summed E-state index contributed by atoms with van der Waals surface area (Å²) in [6.45, 7) is 7.16. The van der Waals surface area contributed by atoms with E-state index in [4.69, 9.17) is 16.3 Å². The molecule has 2 aromatic carbocycles. The van der Waals surface area contributed by atoms with Crippen LogP contribution >= 0.6 is 11.6 Å². The first-order valence-electron chi connectivity index (χ1n) is 7.22. The van der Waals surface area contributed by atoms with Gasteiger partial charge in [-0.05, 0) is 49.2 Å². The molecular formula is C18H22ClNO. The maximum atomic E-state index is 6.14. The Balaban J connectivity index is 2.37. The molecule has 0 spiro atoms. The normalized spacial score (nSPS) is 11.0. The predicted molar refractivity (Wildman–Crippen MR) is 89.6 cm³/mol. The molecule has 0 amide bonds. The Morgan fingerprint density at radius 2 is 1.86 bits per heavy atom. The summed E-state index contributed by atoms with van der Waals surface area (Å²) in [6, 6.07) is 12.1. The summed E-state index contributed by atoms with van der Waals surface area (Å²) < 4.78 is 6.14. The lowest BCUT2D eigenvalue weighted by Gasteiger charge is -2.15. The Hall–Kier alpha value is -1.51. The lowest BCUT2D eigenvalue weighted by molar-refractivity contribution is 0.469. The van der Waals surface area contributed by atoms with Crippen molar-refractivity contribution >= 4 is 11.6 Å². The molecule has 2 rings (SSSR count). The van der Waals surface area contributed by atoms with Crippen molar-refractivity contribution in [3.63, 3.8) is 0 Å².